The first-order valence-corrected chi connectivity index (χ1v) is 13.9. The third-order valence-electron chi connectivity index (χ3n) is 6.72. The van der Waals surface area contributed by atoms with Gasteiger partial charge in [0.1, 0.15) is 0 Å². The summed E-state index contributed by atoms with van der Waals surface area (Å²) in [6.45, 7) is 9.28. The van der Waals surface area contributed by atoms with Crippen molar-refractivity contribution in [2.45, 2.75) is 156 Å². The van der Waals surface area contributed by atoms with Gasteiger partial charge in [-0.05, 0) is 73.6 Å². The molecule has 0 N–H and O–H groups in total. The van der Waals surface area contributed by atoms with Crippen LogP contribution in [0.4, 0.5) is 0 Å². The second-order valence-corrected chi connectivity index (χ2v) is 9.63. The minimum atomic E-state index is 1.31. The first kappa shape index (κ1) is 27.3. The van der Waals surface area contributed by atoms with E-state index in [1.807, 2.05) is 0 Å². The molecule has 0 aliphatic rings. The van der Waals surface area contributed by atoms with E-state index >= 15 is 0 Å². The van der Waals surface area contributed by atoms with Gasteiger partial charge in [0.25, 0.3) is 0 Å². The lowest BCUT2D eigenvalue weighted by Gasteiger charge is -2.18. The first-order valence-electron chi connectivity index (χ1n) is 13.9. The molecule has 1 aromatic rings. The van der Waals surface area contributed by atoms with E-state index < -0.39 is 0 Å². The molecule has 0 atom stereocenters. The van der Waals surface area contributed by atoms with Crippen LogP contribution in [0.3, 0.4) is 0 Å². The molecule has 0 saturated heterocycles. The monoisotopic (exact) mass is 414 g/mol. The zero-order valence-electron chi connectivity index (χ0n) is 21.3. The summed E-state index contributed by atoms with van der Waals surface area (Å²) in [5.41, 5.74) is 6.80. The van der Waals surface area contributed by atoms with Crippen molar-refractivity contribution in [1.82, 2.24) is 0 Å². The van der Waals surface area contributed by atoms with Gasteiger partial charge >= 0.3 is 0 Å². The van der Waals surface area contributed by atoms with Crippen LogP contribution in [0.1, 0.15) is 153 Å². The van der Waals surface area contributed by atoms with Gasteiger partial charge in [0.2, 0.25) is 0 Å². The SMILES string of the molecule is CCCCCCc1cc(CCCCCC)c(CCCCCC)cc1CCCCCC. The Bertz CT molecular complexity index is 423. The summed E-state index contributed by atoms with van der Waals surface area (Å²) in [5, 5.41) is 0. The predicted octanol–water partition coefficient (Wildman–Crippen LogP) is 10.2. The predicted molar refractivity (Wildman–Crippen MR) is 138 cm³/mol. The van der Waals surface area contributed by atoms with E-state index in [-0.39, 0.29) is 0 Å². The van der Waals surface area contributed by atoms with Crippen LogP contribution in [0.25, 0.3) is 0 Å². The number of unbranched alkanes of at least 4 members (excludes halogenated alkanes) is 12. The van der Waals surface area contributed by atoms with E-state index in [0.717, 1.165) is 0 Å². The van der Waals surface area contributed by atoms with Crippen LogP contribution in [0.5, 0.6) is 0 Å². The second-order valence-electron chi connectivity index (χ2n) is 9.63. The largest absolute Gasteiger partial charge is 0.0654 e. The van der Waals surface area contributed by atoms with E-state index in [4.69, 9.17) is 0 Å². The van der Waals surface area contributed by atoms with Crippen molar-refractivity contribution in [3.05, 3.63) is 34.4 Å². The van der Waals surface area contributed by atoms with Gasteiger partial charge in [-0.25, -0.2) is 0 Å². The van der Waals surface area contributed by atoms with E-state index in [1.54, 1.807) is 22.3 Å². The van der Waals surface area contributed by atoms with Crippen LogP contribution < -0.4 is 0 Å². The van der Waals surface area contributed by atoms with Crippen LogP contribution in [0, 0.1) is 0 Å². The fraction of sp³-hybridized carbons (Fsp3) is 0.800. The molecule has 0 aromatic heterocycles. The minimum Gasteiger partial charge on any atom is -0.0654 e. The van der Waals surface area contributed by atoms with Crippen molar-refractivity contribution in [3.63, 3.8) is 0 Å². The zero-order chi connectivity index (χ0) is 21.9. The first-order chi connectivity index (χ1) is 14.8. The molecule has 0 unspecified atom stereocenters. The molecule has 0 amide bonds. The fourth-order valence-electron chi connectivity index (χ4n) is 4.69. The molecule has 30 heavy (non-hydrogen) atoms. The highest BCUT2D eigenvalue weighted by atomic mass is 14.2. The Kier molecular flexibility index (Phi) is 17.2. The molecule has 1 rings (SSSR count). The Labute approximate surface area is 190 Å². The average molecular weight is 415 g/mol. The topological polar surface area (TPSA) is 0 Å². The van der Waals surface area contributed by atoms with Crippen molar-refractivity contribution in [1.29, 1.82) is 0 Å². The molecule has 0 aliphatic heterocycles. The third-order valence-corrected chi connectivity index (χ3v) is 6.72. The van der Waals surface area contributed by atoms with Gasteiger partial charge < -0.3 is 0 Å². The Morgan fingerprint density at radius 3 is 0.767 bits per heavy atom. The number of benzene rings is 1. The second kappa shape index (κ2) is 18.9. The van der Waals surface area contributed by atoms with Gasteiger partial charge in [0.15, 0.2) is 0 Å². The number of hydrogen-bond donors (Lipinski definition) is 0. The molecule has 0 saturated carbocycles. The number of aryl methyl sites for hydroxylation is 4. The molecular formula is C30H54. The van der Waals surface area contributed by atoms with E-state index in [1.165, 1.54) is 128 Å². The average Bonchev–Trinajstić information content (AvgIpc) is 2.76. The highest BCUT2D eigenvalue weighted by Gasteiger charge is 2.11. The number of rotatable bonds is 20. The van der Waals surface area contributed by atoms with E-state index in [9.17, 15) is 0 Å². The van der Waals surface area contributed by atoms with Crippen LogP contribution in [-0.2, 0) is 25.7 Å². The molecule has 0 heteroatoms. The summed E-state index contributed by atoms with van der Waals surface area (Å²) in [6.07, 6.45) is 27.2. The molecule has 0 nitrogen and oxygen atoms in total. The minimum absolute atomic E-state index is 1.31. The Morgan fingerprint density at radius 1 is 0.333 bits per heavy atom. The molecule has 0 bridgehead atoms. The molecule has 0 fully saturated rings. The van der Waals surface area contributed by atoms with Gasteiger partial charge in [-0.15, -0.1) is 0 Å². The number of hydrogen-bond acceptors (Lipinski definition) is 0. The van der Waals surface area contributed by atoms with Gasteiger partial charge in [0, 0.05) is 0 Å². The van der Waals surface area contributed by atoms with Crippen LogP contribution in [-0.4, -0.2) is 0 Å². The molecule has 0 heterocycles. The molecule has 0 radical (unpaired) electrons. The molecule has 1 aromatic carbocycles. The normalized spacial score (nSPS) is 11.3. The van der Waals surface area contributed by atoms with E-state index in [0.29, 0.717) is 0 Å². The van der Waals surface area contributed by atoms with Crippen molar-refractivity contribution in [3.8, 4) is 0 Å². The highest BCUT2D eigenvalue weighted by molar-refractivity contribution is 5.39. The van der Waals surface area contributed by atoms with E-state index in [2.05, 4.69) is 39.8 Å². The summed E-state index contributed by atoms with van der Waals surface area (Å²) in [7, 11) is 0. The van der Waals surface area contributed by atoms with Gasteiger partial charge in [-0.1, -0.05) is 117 Å². The quantitative estimate of drug-likeness (QED) is 0.186. The van der Waals surface area contributed by atoms with Crippen LogP contribution in [0.15, 0.2) is 12.1 Å². The summed E-state index contributed by atoms with van der Waals surface area (Å²) in [6, 6.07) is 5.34. The Hall–Kier alpha value is -0.780. The standard InChI is InChI=1S/C30H54/c1-5-9-13-17-21-27-25-29(23-19-15-11-7-3)30(24-20-16-12-8-4)26-28(27)22-18-14-10-6-2/h25-26H,5-24H2,1-4H3. The summed E-state index contributed by atoms with van der Waals surface area (Å²) < 4.78 is 0. The Balaban J connectivity index is 2.93. The van der Waals surface area contributed by atoms with Crippen LogP contribution >= 0.6 is 0 Å². The maximum Gasteiger partial charge on any atom is -0.0276 e. The van der Waals surface area contributed by atoms with Crippen molar-refractivity contribution in [2.75, 3.05) is 0 Å². The summed E-state index contributed by atoms with van der Waals surface area (Å²) in [4.78, 5) is 0. The molecule has 0 aliphatic carbocycles. The molecule has 174 valence electrons. The fourth-order valence-corrected chi connectivity index (χ4v) is 4.69. The third kappa shape index (κ3) is 12.2. The lowest BCUT2D eigenvalue weighted by molar-refractivity contribution is 0.640. The van der Waals surface area contributed by atoms with Gasteiger partial charge in [-0.3, -0.25) is 0 Å². The Morgan fingerprint density at radius 2 is 0.567 bits per heavy atom. The van der Waals surface area contributed by atoms with Crippen LogP contribution in [0.2, 0.25) is 0 Å². The summed E-state index contributed by atoms with van der Waals surface area (Å²) in [5.74, 6) is 0. The molecular weight excluding hydrogens is 360 g/mol. The van der Waals surface area contributed by atoms with Gasteiger partial charge in [-0.2, -0.15) is 0 Å². The highest BCUT2D eigenvalue weighted by Crippen LogP contribution is 2.25. The maximum absolute atomic E-state index is 2.67. The summed E-state index contributed by atoms with van der Waals surface area (Å²) >= 11 is 0. The lowest BCUT2D eigenvalue weighted by Crippen LogP contribution is -2.04. The smallest absolute Gasteiger partial charge is 0.0276 e. The van der Waals surface area contributed by atoms with Crippen molar-refractivity contribution < 1.29 is 0 Å². The zero-order valence-corrected chi connectivity index (χ0v) is 21.3. The molecule has 0 spiro atoms. The lowest BCUT2D eigenvalue weighted by atomic mass is 9.88. The van der Waals surface area contributed by atoms with Crippen molar-refractivity contribution >= 4 is 0 Å². The van der Waals surface area contributed by atoms with Gasteiger partial charge in [0.05, 0.1) is 0 Å². The van der Waals surface area contributed by atoms with Crippen molar-refractivity contribution in [2.24, 2.45) is 0 Å². The maximum atomic E-state index is 2.67.